The monoisotopic (exact) mass is 245 g/mol. The standard InChI is InChI=1S/C14H15NO3/c1-3-18-14(16)15-11-8-10-6-4-5-7-12(10)13(9-11)17-2/h4-9H,3H2,1-2H3,(H,15,16). The summed E-state index contributed by atoms with van der Waals surface area (Å²) in [6.45, 7) is 2.11. The second-order valence-electron chi connectivity index (χ2n) is 3.75. The summed E-state index contributed by atoms with van der Waals surface area (Å²) in [4.78, 5) is 11.4. The van der Waals surface area contributed by atoms with Crippen LogP contribution in [0.3, 0.4) is 0 Å². The lowest BCUT2D eigenvalue weighted by Gasteiger charge is -2.10. The number of hydrogen-bond donors (Lipinski definition) is 1. The first-order chi connectivity index (χ1) is 8.74. The van der Waals surface area contributed by atoms with E-state index in [0.717, 1.165) is 16.5 Å². The van der Waals surface area contributed by atoms with Gasteiger partial charge in [-0.05, 0) is 18.4 Å². The second kappa shape index (κ2) is 5.40. The van der Waals surface area contributed by atoms with E-state index in [0.29, 0.717) is 12.3 Å². The van der Waals surface area contributed by atoms with E-state index in [1.807, 2.05) is 30.3 Å². The molecule has 0 heterocycles. The topological polar surface area (TPSA) is 47.6 Å². The third-order valence-electron chi connectivity index (χ3n) is 2.57. The van der Waals surface area contributed by atoms with Gasteiger partial charge in [-0.1, -0.05) is 24.3 Å². The van der Waals surface area contributed by atoms with E-state index in [-0.39, 0.29) is 0 Å². The molecule has 0 aliphatic heterocycles. The van der Waals surface area contributed by atoms with Crippen molar-refractivity contribution in [3.8, 4) is 5.75 Å². The summed E-state index contributed by atoms with van der Waals surface area (Å²) in [5, 5.41) is 4.68. The first-order valence-corrected chi connectivity index (χ1v) is 5.75. The molecule has 0 fully saturated rings. The van der Waals surface area contributed by atoms with Crippen molar-refractivity contribution in [2.24, 2.45) is 0 Å². The van der Waals surface area contributed by atoms with Crippen molar-refractivity contribution in [2.75, 3.05) is 19.0 Å². The Balaban J connectivity index is 2.37. The van der Waals surface area contributed by atoms with Crippen molar-refractivity contribution in [2.45, 2.75) is 6.92 Å². The fraction of sp³-hybridized carbons (Fsp3) is 0.214. The van der Waals surface area contributed by atoms with Gasteiger partial charge in [-0.25, -0.2) is 4.79 Å². The van der Waals surface area contributed by atoms with Crippen LogP contribution < -0.4 is 10.1 Å². The molecule has 1 amide bonds. The van der Waals surface area contributed by atoms with Crippen LogP contribution in [-0.2, 0) is 4.74 Å². The van der Waals surface area contributed by atoms with Crippen molar-refractivity contribution in [3.63, 3.8) is 0 Å². The number of hydrogen-bond acceptors (Lipinski definition) is 3. The third-order valence-corrected chi connectivity index (χ3v) is 2.57. The van der Waals surface area contributed by atoms with E-state index in [2.05, 4.69) is 5.32 Å². The van der Waals surface area contributed by atoms with E-state index in [9.17, 15) is 4.79 Å². The van der Waals surface area contributed by atoms with Crippen LogP contribution in [0.2, 0.25) is 0 Å². The van der Waals surface area contributed by atoms with Crippen molar-refractivity contribution in [1.82, 2.24) is 0 Å². The van der Waals surface area contributed by atoms with E-state index < -0.39 is 6.09 Å². The maximum atomic E-state index is 11.4. The minimum atomic E-state index is -0.463. The number of carbonyl (C=O) groups is 1. The highest BCUT2D eigenvalue weighted by molar-refractivity contribution is 5.95. The summed E-state index contributed by atoms with van der Waals surface area (Å²) in [6, 6.07) is 11.5. The van der Waals surface area contributed by atoms with Gasteiger partial charge in [0.15, 0.2) is 0 Å². The first kappa shape index (κ1) is 12.2. The van der Waals surface area contributed by atoms with Gasteiger partial charge in [-0.2, -0.15) is 0 Å². The Morgan fingerprint density at radius 2 is 2.06 bits per heavy atom. The SMILES string of the molecule is CCOC(=O)Nc1cc(OC)c2ccccc2c1. The number of anilines is 1. The van der Waals surface area contributed by atoms with Crippen molar-refractivity contribution >= 4 is 22.6 Å². The van der Waals surface area contributed by atoms with Gasteiger partial charge in [0.2, 0.25) is 0 Å². The Kier molecular flexibility index (Phi) is 3.67. The van der Waals surface area contributed by atoms with E-state index >= 15 is 0 Å². The maximum Gasteiger partial charge on any atom is 0.411 e. The number of rotatable bonds is 3. The lowest BCUT2D eigenvalue weighted by Crippen LogP contribution is -2.13. The molecule has 2 aromatic carbocycles. The van der Waals surface area contributed by atoms with Crippen molar-refractivity contribution < 1.29 is 14.3 Å². The van der Waals surface area contributed by atoms with Gasteiger partial charge >= 0.3 is 6.09 Å². The molecule has 0 atom stereocenters. The highest BCUT2D eigenvalue weighted by Gasteiger charge is 2.07. The normalized spacial score (nSPS) is 10.1. The predicted molar refractivity (Wildman–Crippen MR) is 71.1 cm³/mol. The van der Waals surface area contributed by atoms with Gasteiger partial charge in [-0.3, -0.25) is 5.32 Å². The van der Waals surface area contributed by atoms with Crippen LogP contribution in [0.5, 0.6) is 5.75 Å². The molecule has 1 N–H and O–H groups in total. The molecule has 0 saturated carbocycles. The third kappa shape index (κ3) is 2.53. The highest BCUT2D eigenvalue weighted by atomic mass is 16.5. The Morgan fingerprint density at radius 3 is 2.78 bits per heavy atom. The molecule has 2 aromatic rings. The van der Waals surface area contributed by atoms with Crippen LogP contribution in [0.15, 0.2) is 36.4 Å². The first-order valence-electron chi connectivity index (χ1n) is 5.75. The molecule has 0 spiro atoms. The average Bonchev–Trinajstić information content (AvgIpc) is 2.38. The quantitative estimate of drug-likeness (QED) is 0.901. The lowest BCUT2D eigenvalue weighted by molar-refractivity contribution is 0.168. The molecule has 4 heteroatoms. The molecule has 94 valence electrons. The van der Waals surface area contributed by atoms with Crippen LogP contribution in [0.1, 0.15) is 6.92 Å². The van der Waals surface area contributed by atoms with Crippen LogP contribution in [0.25, 0.3) is 10.8 Å². The van der Waals surface area contributed by atoms with E-state index in [4.69, 9.17) is 9.47 Å². The van der Waals surface area contributed by atoms with Crippen LogP contribution in [0, 0.1) is 0 Å². The molecule has 18 heavy (non-hydrogen) atoms. The number of benzene rings is 2. The number of carbonyl (C=O) groups excluding carboxylic acids is 1. The van der Waals surface area contributed by atoms with Gasteiger partial charge in [0.1, 0.15) is 5.75 Å². The van der Waals surface area contributed by atoms with Gasteiger partial charge < -0.3 is 9.47 Å². The van der Waals surface area contributed by atoms with Gasteiger partial charge in [0.25, 0.3) is 0 Å². The average molecular weight is 245 g/mol. The van der Waals surface area contributed by atoms with Gasteiger partial charge in [0, 0.05) is 17.1 Å². The Labute approximate surface area is 106 Å². The minimum absolute atomic E-state index is 0.344. The number of amides is 1. The molecule has 0 bridgehead atoms. The van der Waals surface area contributed by atoms with E-state index in [1.54, 1.807) is 20.1 Å². The summed E-state index contributed by atoms with van der Waals surface area (Å²) in [7, 11) is 1.61. The fourth-order valence-electron chi connectivity index (χ4n) is 1.80. The lowest BCUT2D eigenvalue weighted by atomic mass is 10.1. The van der Waals surface area contributed by atoms with E-state index in [1.165, 1.54) is 0 Å². The second-order valence-corrected chi connectivity index (χ2v) is 3.75. The fourth-order valence-corrected chi connectivity index (χ4v) is 1.80. The zero-order valence-corrected chi connectivity index (χ0v) is 10.4. The molecule has 2 rings (SSSR count). The summed E-state index contributed by atoms with van der Waals surface area (Å²) in [5.41, 5.74) is 0.656. The number of fused-ring (bicyclic) bond motifs is 1. The molecule has 0 saturated heterocycles. The number of methoxy groups -OCH3 is 1. The van der Waals surface area contributed by atoms with Crippen LogP contribution in [-0.4, -0.2) is 19.8 Å². The predicted octanol–water partition coefficient (Wildman–Crippen LogP) is 3.42. The zero-order valence-electron chi connectivity index (χ0n) is 10.4. The van der Waals surface area contributed by atoms with Crippen LogP contribution >= 0.6 is 0 Å². The molecule has 0 unspecified atom stereocenters. The van der Waals surface area contributed by atoms with Crippen LogP contribution in [0.4, 0.5) is 10.5 Å². The summed E-state index contributed by atoms with van der Waals surface area (Å²) >= 11 is 0. The smallest absolute Gasteiger partial charge is 0.411 e. The Morgan fingerprint density at radius 1 is 1.28 bits per heavy atom. The van der Waals surface area contributed by atoms with Gasteiger partial charge in [-0.15, -0.1) is 0 Å². The summed E-state index contributed by atoms with van der Waals surface area (Å²) < 4.78 is 10.2. The molecule has 4 nitrogen and oxygen atoms in total. The summed E-state index contributed by atoms with van der Waals surface area (Å²) in [5.74, 6) is 0.722. The number of ether oxygens (including phenoxy) is 2. The largest absolute Gasteiger partial charge is 0.496 e. The minimum Gasteiger partial charge on any atom is -0.496 e. The van der Waals surface area contributed by atoms with Crippen molar-refractivity contribution in [1.29, 1.82) is 0 Å². The Hall–Kier alpha value is -2.23. The zero-order chi connectivity index (χ0) is 13.0. The Bertz CT molecular complexity index is 566. The summed E-state index contributed by atoms with van der Waals surface area (Å²) in [6.07, 6.45) is -0.463. The number of nitrogens with one attached hydrogen (secondary N) is 1. The molecular weight excluding hydrogens is 230 g/mol. The molecular formula is C14H15NO3. The van der Waals surface area contributed by atoms with Gasteiger partial charge in [0.05, 0.1) is 13.7 Å². The highest BCUT2D eigenvalue weighted by Crippen LogP contribution is 2.29. The maximum absolute atomic E-state index is 11.4. The molecule has 0 aliphatic rings. The molecule has 0 aromatic heterocycles. The molecule has 0 radical (unpaired) electrons. The molecule has 0 aliphatic carbocycles. The van der Waals surface area contributed by atoms with Crippen molar-refractivity contribution in [3.05, 3.63) is 36.4 Å².